The lowest BCUT2D eigenvalue weighted by molar-refractivity contribution is -0.133. The first-order valence-corrected chi connectivity index (χ1v) is 18.4. The molecule has 5 aromatic rings. The van der Waals surface area contributed by atoms with Crippen molar-refractivity contribution in [2.75, 3.05) is 17.3 Å². The molecule has 5 aromatic carbocycles. The Kier molecular flexibility index (Phi) is 11.6. The highest BCUT2D eigenvalue weighted by Gasteiger charge is 2.44. The number of aliphatic hydroxyl groups is 1. The Hall–Kier alpha value is -5.67. The quantitative estimate of drug-likeness (QED) is 0.112. The zero-order valence-electron chi connectivity index (χ0n) is 31.3. The van der Waals surface area contributed by atoms with Crippen LogP contribution in [0.4, 0.5) is 11.4 Å². The van der Waals surface area contributed by atoms with E-state index in [9.17, 15) is 14.7 Å². The molecular weight excluding hydrogens is 741 g/mol. The molecule has 1 heterocycles. The first-order valence-electron chi connectivity index (χ1n) is 18.4. The number of nitrogens with zero attached hydrogens (tertiary/aromatic N) is 2. The van der Waals surface area contributed by atoms with E-state index < -0.39 is 11.6 Å². The minimum Gasteiger partial charge on any atom is -0.384 e. The van der Waals surface area contributed by atoms with E-state index in [1.165, 1.54) is 11.1 Å². The van der Waals surface area contributed by atoms with Gasteiger partial charge in [0.2, 0.25) is 0 Å². The number of carbonyl (C=O) groups excluding carboxylic acids is 2. The number of amides is 2. The molecular formula is C46H45Cl2N5O3. The van der Waals surface area contributed by atoms with Gasteiger partial charge in [-0.15, -0.1) is 24.8 Å². The van der Waals surface area contributed by atoms with Crippen LogP contribution < -0.4 is 26.4 Å². The fraction of sp³-hybridized carbons (Fsp3) is 0.196. The molecule has 2 atom stereocenters. The van der Waals surface area contributed by atoms with Crippen molar-refractivity contribution in [3.63, 3.8) is 0 Å². The molecule has 286 valence electrons. The van der Waals surface area contributed by atoms with E-state index in [0.717, 1.165) is 56.1 Å². The molecule has 3 aliphatic rings. The largest absolute Gasteiger partial charge is 0.384 e. The molecule has 2 amide bonds. The molecule has 1 aliphatic heterocycles. The zero-order chi connectivity index (χ0) is 37.6. The number of nitrogens with one attached hydrogen (secondary N) is 2. The molecule has 56 heavy (non-hydrogen) atoms. The smallest absolute Gasteiger partial charge is 0.258 e. The second kappa shape index (κ2) is 16.2. The standard InChI is InChI=1S/C46H43N5O3.2ClH/c1-46(54,42-45(53)51(26-25-29-9-4-3-5-10-29)28-33-11-6-7-14-41(33)49-42)40-13-8-12-36-38-22-17-31-27-32(18-21-35(31)37(38)23-24-39(36)40)44(52)50(2)34-19-15-30(16-20-34)43(47)48;;/h3-7,9-11,14-21,23-27,42,49,54H,8,12-13,22,28H2,1-2H3,(H3,47,48);2*1H. The van der Waals surface area contributed by atoms with Crippen LogP contribution in [0.15, 0.2) is 115 Å². The molecule has 5 N–H and O–H groups in total. The Morgan fingerprint density at radius 3 is 2.32 bits per heavy atom. The van der Waals surface area contributed by atoms with Crippen molar-refractivity contribution in [1.82, 2.24) is 4.90 Å². The van der Waals surface area contributed by atoms with Crippen LogP contribution in [-0.2, 0) is 24.2 Å². The number of halogens is 2. The second-order valence-corrected chi connectivity index (χ2v) is 14.6. The van der Waals surface area contributed by atoms with Gasteiger partial charge in [-0.3, -0.25) is 15.0 Å². The highest BCUT2D eigenvalue weighted by atomic mass is 35.5. The fourth-order valence-corrected chi connectivity index (χ4v) is 8.21. The minimum atomic E-state index is -1.49. The van der Waals surface area contributed by atoms with Gasteiger partial charge in [0.05, 0.1) is 6.54 Å². The number of nitrogens with two attached hydrogens (primary N) is 1. The molecule has 2 aliphatic carbocycles. The van der Waals surface area contributed by atoms with E-state index in [0.29, 0.717) is 36.2 Å². The van der Waals surface area contributed by atoms with Gasteiger partial charge in [-0.2, -0.15) is 0 Å². The number of rotatable bonds is 7. The zero-order valence-corrected chi connectivity index (χ0v) is 32.9. The van der Waals surface area contributed by atoms with E-state index in [1.807, 2.05) is 85.1 Å². The Balaban J connectivity index is 0.00000266. The van der Waals surface area contributed by atoms with Gasteiger partial charge in [-0.05, 0) is 130 Å². The van der Waals surface area contributed by atoms with Crippen LogP contribution in [0.5, 0.6) is 0 Å². The van der Waals surface area contributed by atoms with E-state index in [2.05, 4.69) is 23.5 Å². The van der Waals surface area contributed by atoms with E-state index in [4.69, 9.17) is 11.1 Å². The highest BCUT2D eigenvalue weighted by Crippen LogP contribution is 2.35. The predicted molar refractivity (Wildman–Crippen MR) is 230 cm³/mol. The maximum absolute atomic E-state index is 14.4. The molecule has 10 heteroatoms. The third-order valence-corrected chi connectivity index (χ3v) is 11.2. The van der Waals surface area contributed by atoms with Gasteiger partial charge in [0, 0.05) is 35.7 Å². The van der Waals surface area contributed by atoms with Crippen LogP contribution in [0.25, 0.3) is 17.7 Å². The van der Waals surface area contributed by atoms with E-state index in [-0.39, 0.29) is 42.5 Å². The second-order valence-electron chi connectivity index (χ2n) is 14.6. The molecule has 0 radical (unpaired) electrons. The molecule has 8 nitrogen and oxygen atoms in total. The topological polar surface area (TPSA) is 123 Å². The van der Waals surface area contributed by atoms with Gasteiger partial charge in [-0.25, -0.2) is 0 Å². The van der Waals surface area contributed by atoms with E-state index >= 15 is 0 Å². The summed E-state index contributed by atoms with van der Waals surface area (Å²) < 4.78 is 0. The molecule has 0 saturated heterocycles. The lowest BCUT2D eigenvalue weighted by Crippen LogP contribution is -2.55. The Bertz CT molecular complexity index is 2590. The fourth-order valence-electron chi connectivity index (χ4n) is 8.21. The molecule has 0 aromatic heterocycles. The van der Waals surface area contributed by atoms with Crippen LogP contribution >= 0.6 is 24.8 Å². The molecule has 8 rings (SSSR count). The van der Waals surface area contributed by atoms with Crippen molar-refractivity contribution in [2.24, 2.45) is 5.73 Å². The SMILES string of the molecule is CN(C(=O)c1ccc2c(c1)=CCc1c3c(ccc1=2)=C(C(C)(O)C1Nc2ccccc2CN(C=Cc2ccccc2)C1=O)CCC3)c1ccc(C(=N)N)cc1.Cl.Cl. The summed E-state index contributed by atoms with van der Waals surface area (Å²) in [6.07, 6.45) is 9.09. The average Bonchev–Trinajstić information content (AvgIpc) is 3.35. The van der Waals surface area contributed by atoms with Crippen molar-refractivity contribution in [3.8, 4) is 0 Å². The number of carbonyl (C=O) groups is 2. The van der Waals surface area contributed by atoms with Crippen LogP contribution in [0.2, 0.25) is 0 Å². The van der Waals surface area contributed by atoms with Crippen molar-refractivity contribution in [3.05, 3.63) is 170 Å². The summed E-state index contributed by atoms with van der Waals surface area (Å²) in [5.41, 5.74) is 12.2. The number of hydrogen-bond donors (Lipinski definition) is 4. The number of para-hydroxylation sites is 1. The molecule has 0 spiro atoms. The average molecular weight is 787 g/mol. The molecule has 0 saturated carbocycles. The van der Waals surface area contributed by atoms with Crippen LogP contribution in [0.1, 0.15) is 57.9 Å². The minimum absolute atomic E-state index is 0. The van der Waals surface area contributed by atoms with Gasteiger partial charge < -0.3 is 26.0 Å². The van der Waals surface area contributed by atoms with E-state index in [1.54, 1.807) is 48.0 Å². The number of hydrogen-bond acceptors (Lipinski definition) is 5. The van der Waals surface area contributed by atoms with Gasteiger partial charge in [0.15, 0.2) is 0 Å². The first kappa shape index (κ1) is 40.0. The highest BCUT2D eigenvalue weighted by molar-refractivity contribution is 6.06. The summed E-state index contributed by atoms with van der Waals surface area (Å²) >= 11 is 0. The van der Waals surface area contributed by atoms with Crippen molar-refractivity contribution < 1.29 is 14.7 Å². The number of amidine groups is 1. The monoisotopic (exact) mass is 785 g/mol. The summed E-state index contributed by atoms with van der Waals surface area (Å²) in [5, 5.41) is 28.0. The first-order chi connectivity index (χ1) is 26.1. The number of fused-ring (bicyclic) bond motifs is 5. The number of nitrogen functional groups attached to an aromatic ring is 1. The summed E-state index contributed by atoms with van der Waals surface area (Å²) in [4.78, 5) is 31.3. The normalized spacial score (nSPS) is 16.6. The Morgan fingerprint density at radius 2 is 1.57 bits per heavy atom. The predicted octanol–water partition coefficient (Wildman–Crippen LogP) is 6.45. The van der Waals surface area contributed by atoms with Crippen LogP contribution in [0.3, 0.4) is 0 Å². The lowest BCUT2D eigenvalue weighted by atomic mass is 9.77. The van der Waals surface area contributed by atoms with Crippen LogP contribution in [0, 0.1) is 15.8 Å². The summed E-state index contributed by atoms with van der Waals surface area (Å²) in [6.45, 7) is 2.18. The summed E-state index contributed by atoms with van der Waals surface area (Å²) in [5.74, 6) is -0.330. The number of benzene rings is 5. The summed E-state index contributed by atoms with van der Waals surface area (Å²) in [7, 11) is 1.74. The molecule has 0 bridgehead atoms. The van der Waals surface area contributed by atoms with Crippen LogP contribution in [-0.4, -0.2) is 46.3 Å². The Labute approximate surface area is 338 Å². The number of anilines is 2. The van der Waals surface area contributed by atoms with Crippen molar-refractivity contribution in [2.45, 2.75) is 50.8 Å². The van der Waals surface area contributed by atoms with Crippen molar-refractivity contribution >= 4 is 71.6 Å². The lowest BCUT2D eigenvalue weighted by Gasteiger charge is -2.37. The van der Waals surface area contributed by atoms with Gasteiger partial charge in [-0.1, -0.05) is 72.8 Å². The van der Waals surface area contributed by atoms with Crippen molar-refractivity contribution in [1.29, 1.82) is 5.41 Å². The van der Waals surface area contributed by atoms with Gasteiger partial charge in [0.25, 0.3) is 11.8 Å². The maximum atomic E-state index is 14.4. The molecule has 2 unspecified atom stereocenters. The molecule has 0 fully saturated rings. The Morgan fingerprint density at radius 1 is 0.893 bits per heavy atom. The van der Waals surface area contributed by atoms with Gasteiger partial charge in [0.1, 0.15) is 17.5 Å². The van der Waals surface area contributed by atoms with Gasteiger partial charge >= 0.3 is 0 Å². The third kappa shape index (κ3) is 7.35. The third-order valence-electron chi connectivity index (χ3n) is 11.2. The summed E-state index contributed by atoms with van der Waals surface area (Å²) in [6, 6.07) is 34.1. The maximum Gasteiger partial charge on any atom is 0.258 e.